The molecule has 0 radical (unpaired) electrons. The largest absolute Gasteiger partial charge is 0.399 e. The molecule has 70 heavy (non-hydrogen) atoms. The molecule has 0 spiro atoms. The van der Waals surface area contributed by atoms with Gasteiger partial charge in [-0.05, 0) is 97.1 Å². The molecule has 2 amide bonds. The predicted molar refractivity (Wildman–Crippen MR) is 284 cm³/mol. The summed E-state index contributed by atoms with van der Waals surface area (Å²) in [4.78, 5) is 34.5. The van der Waals surface area contributed by atoms with Crippen LogP contribution in [0.2, 0.25) is 0 Å². The van der Waals surface area contributed by atoms with Gasteiger partial charge < -0.3 is 41.4 Å². The number of aromatic nitrogens is 8. The molecule has 17 nitrogen and oxygen atoms in total. The van der Waals surface area contributed by atoms with E-state index in [4.69, 9.17) is 41.1 Å². The summed E-state index contributed by atoms with van der Waals surface area (Å²) in [5.41, 5.74) is 19.9. The number of carbonyl (C=O) groups excluding carboxylic acids is 1. The fourth-order valence-electron chi connectivity index (χ4n) is 7.80. The van der Waals surface area contributed by atoms with Crippen molar-refractivity contribution in [3.8, 4) is 22.8 Å². The van der Waals surface area contributed by atoms with Gasteiger partial charge in [-0.3, -0.25) is 9.97 Å². The van der Waals surface area contributed by atoms with Gasteiger partial charge in [-0.15, -0.1) is 10.2 Å². The third-order valence-electron chi connectivity index (χ3n) is 11.3. The number of nitrogens with two attached hydrogens (primary N) is 2. The van der Waals surface area contributed by atoms with Crippen molar-refractivity contribution in [2.75, 3.05) is 84.5 Å². The molecule has 368 valence electrons. The summed E-state index contributed by atoms with van der Waals surface area (Å²) in [7, 11) is 0. The van der Waals surface area contributed by atoms with E-state index in [0.717, 1.165) is 84.6 Å². The highest BCUT2D eigenvalue weighted by molar-refractivity contribution is 5.99. The number of hydrogen-bond donors (Lipinski definition) is 4. The number of hydrogen-bond acceptors (Lipinski definition) is 13. The lowest BCUT2D eigenvalue weighted by atomic mass is 9.92. The highest BCUT2D eigenvalue weighted by atomic mass is 16.5. The molecule has 0 saturated carbocycles. The van der Waals surface area contributed by atoms with Crippen molar-refractivity contribution in [1.82, 2.24) is 39.2 Å². The Hall–Kier alpha value is -7.63. The normalized spacial score (nSPS) is 13.7. The second kappa shape index (κ2) is 22.7. The molecule has 6 N–H and O–H groups in total. The number of amides is 2. The van der Waals surface area contributed by atoms with Gasteiger partial charge in [-0.2, -0.15) is 0 Å². The Morgan fingerprint density at radius 3 is 1.39 bits per heavy atom. The lowest BCUT2D eigenvalue weighted by Crippen LogP contribution is -2.37. The second-order valence-electron chi connectivity index (χ2n) is 18.6. The Kier molecular flexibility index (Phi) is 16.7. The average molecular weight is 949 g/mol. The predicted octanol–water partition coefficient (Wildman–Crippen LogP) is 9.62. The van der Waals surface area contributed by atoms with Crippen LogP contribution in [0.3, 0.4) is 0 Å². The summed E-state index contributed by atoms with van der Waals surface area (Å²) >= 11 is 0. The summed E-state index contributed by atoms with van der Waals surface area (Å²) < 4.78 is 15.1. The number of nitrogen functional groups attached to an aromatic ring is 2. The van der Waals surface area contributed by atoms with Crippen LogP contribution in [0.5, 0.6) is 0 Å². The van der Waals surface area contributed by atoms with Gasteiger partial charge in [-0.25, -0.2) is 23.8 Å². The van der Waals surface area contributed by atoms with Gasteiger partial charge in [0.1, 0.15) is 11.0 Å². The lowest BCUT2D eigenvalue weighted by Gasteiger charge is -2.29. The monoisotopic (exact) mass is 949 g/mol. The van der Waals surface area contributed by atoms with E-state index in [1.165, 1.54) is 5.69 Å². The van der Waals surface area contributed by atoms with E-state index in [2.05, 4.69) is 96.2 Å². The molecule has 2 aliphatic heterocycles. The quantitative estimate of drug-likeness (QED) is 0.115. The number of carbonyl (C=O) groups is 1. The van der Waals surface area contributed by atoms with Gasteiger partial charge in [0.15, 0.2) is 23.3 Å². The molecule has 10 rings (SSSR count). The highest BCUT2D eigenvalue weighted by Crippen LogP contribution is 2.33. The molecule has 0 aliphatic carbocycles. The SMILES string of the molecule is C.C.CC(C)(C)c1ccc2c(N3CCOCC3)nc(-c3ccc(N)cc3)nn12.CC(C)(C)c1ccc2c(N3CCOCC3)nc(-c3ccc(NC(=O)Nc4cccnc4)cc3)nn12.Nc1cccnc1. The highest BCUT2D eigenvalue weighted by Gasteiger charge is 2.26. The standard InChI is InChI=1S/C26H29N7O2.C20H25N5O.C5H6N2.2CH4/c1-26(2,3)22-11-10-21-24(32-13-15-35-16-14-32)30-23(31-33(21)22)18-6-8-19(9-7-18)28-25(34)29-20-5-4-12-27-17-20;1-20(2,3)17-9-8-16-19(24-10-12-26-13-11-24)22-18(23-25(16)17)14-4-6-15(21)7-5-14;6-5-2-1-3-7-4-5;;/h4-12,17H,13-16H2,1-3H3,(H2,28,29,34);4-9H,10-13,21H2,1-3H3;1-4H,6H2;2*1H4. The molecule has 0 atom stereocenters. The van der Waals surface area contributed by atoms with Gasteiger partial charge in [0, 0.05) is 89.5 Å². The van der Waals surface area contributed by atoms with Crippen molar-refractivity contribution in [2.45, 2.75) is 67.2 Å². The van der Waals surface area contributed by atoms with Gasteiger partial charge in [0.2, 0.25) is 0 Å². The molecule has 6 aromatic heterocycles. The van der Waals surface area contributed by atoms with Gasteiger partial charge in [-0.1, -0.05) is 56.4 Å². The van der Waals surface area contributed by atoms with Gasteiger partial charge in [0.25, 0.3) is 0 Å². The van der Waals surface area contributed by atoms with E-state index in [0.29, 0.717) is 41.9 Å². The summed E-state index contributed by atoms with van der Waals surface area (Å²) in [5, 5.41) is 15.4. The first-order valence-electron chi connectivity index (χ1n) is 22.8. The molecule has 0 bridgehead atoms. The number of benzene rings is 2. The lowest BCUT2D eigenvalue weighted by molar-refractivity contribution is 0.122. The molecule has 2 fully saturated rings. The Labute approximate surface area is 411 Å². The maximum absolute atomic E-state index is 12.3. The van der Waals surface area contributed by atoms with Crippen molar-refractivity contribution in [3.05, 3.63) is 133 Å². The minimum atomic E-state index is -0.333. The number of morpholine rings is 2. The second-order valence-corrected chi connectivity index (χ2v) is 18.6. The molecule has 17 heteroatoms. The number of anilines is 6. The van der Waals surface area contributed by atoms with E-state index in [1.54, 1.807) is 49.1 Å². The topological polar surface area (TPSA) is 204 Å². The van der Waals surface area contributed by atoms with Gasteiger partial charge in [0.05, 0.1) is 44.0 Å². The minimum absolute atomic E-state index is 0. The molecule has 2 aliphatic rings. The summed E-state index contributed by atoms with van der Waals surface area (Å²) in [6.07, 6.45) is 6.55. The van der Waals surface area contributed by atoms with Crippen molar-refractivity contribution in [3.63, 3.8) is 0 Å². The van der Waals surface area contributed by atoms with E-state index in [9.17, 15) is 4.79 Å². The fourth-order valence-corrected chi connectivity index (χ4v) is 7.80. The van der Waals surface area contributed by atoms with Crippen LogP contribution in [0.15, 0.2) is 122 Å². The molecular weight excluding hydrogens is 881 g/mol. The Bertz CT molecular complexity index is 2920. The van der Waals surface area contributed by atoms with Gasteiger partial charge >= 0.3 is 6.03 Å². The van der Waals surface area contributed by atoms with Crippen LogP contribution in [0.25, 0.3) is 33.8 Å². The number of ether oxygens (including phenoxy) is 2. The van der Waals surface area contributed by atoms with E-state index < -0.39 is 0 Å². The number of fused-ring (bicyclic) bond motifs is 2. The van der Waals surface area contributed by atoms with E-state index >= 15 is 0 Å². The smallest absolute Gasteiger partial charge is 0.323 e. The molecule has 0 unspecified atom stereocenters. The van der Waals surface area contributed by atoms with Crippen LogP contribution in [-0.4, -0.2) is 97.8 Å². The number of urea groups is 1. The van der Waals surface area contributed by atoms with Crippen molar-refractivity contribution >= 4 is 51.4 Å². The first kappa shape index (κ1) is 51.8. The Morgan fingerprint density at radius 2 is 0.986 bits per heavy atom. The Morgan fingerprint density at radius 1 is 0.543 bits per heavy atom. The number of pyridine rings is 2. The molecular formula is C53H68N14O3. The van der Waals surface area contributed by atoms with Crippen molar-refractivity contribution < 1.29 is 14.3 Å². The number of rotatable bonds is 6. The third-order valence-corrected chi connectivity index (χ3v) is 11.3. The zero-order valence-corrected chi connectivity index (χ0v) is 39.6. The van der Waals surface area contributed by atoms with Crippen LogP contribution in [0.1, 0.15) is 67.8 Å². The van der Waals surface area contributed by atoms with Crippen molar-refractivity contribution in [1.29, 1.82) is 0 Å². The summed E-state index contributed by atoms with van der Waals surface area (Å²) in [6, 6.07) is 30.6. The molecule has 2 aromatic carbocycles. The third kappa shape index (κ3) is 12.5. The van der Waals surface area contributed by atoms with E-state index in [1.807, 2.05) is 57.6 Å². The first-order chi connectivity index (χ1) is 32.7. The van der Waals surface area contributed by atoms with Crippen LogP contribution in [0.4, 0.5) is 39.2 Å². The maximum atomic E-state index is 12.3. The number of nitrogens with zero attached hydrogens (tertiary/aromatic N) is 10. The van der Waals surface area contributed by atoms with Crippen LogP contribution in [0, 0.1) is 0 Å². The van der Waals surface area contributed by atoms with Crippen molar-refractivity contribution in [2.24, 2.45) is 0 Å². The minimum Gasteiger partial charge on any atom is -0.399 e. The first-order valence-corrected chi connectivity index (χ1v) is 22.8. The van der Waals surface area contributed by atoms with Crippen LogP contribution < -0.4 is 31.9 Å². The Balaban J connectivity index is 0.000000202. The average Bonchev–Trinajstić information content (AvgIpc) is 3.99. The molecule has 8 aromatic rings. The van der Waals surface area contributed by atoms with Crippen LogP contribution in [-0.2, 0) is 20.3 Å². The number of nitrogens with one attached hydrogen (secondary N) is 2. The zero-order chi connectivity index (χ0) is 47.8. The van der Waals surface area contributed by atoms with Crippen LogP contribution >= 0.6 is 0 Å². The molecule has 2 saturated heterocycles. The maximum Gasteiger partial charge on any atom is 0.323 e. The zero-order valence-electron chi connectivity index (χ0n) is 39.6. The summed E-state index contributed by atoms with van der Waals surface area (Å²) in [6.45, 7) is 19.2. The fraction of sp³-hybridized carbons (Fsp3) is 0.340. The molecule has 8 heterocycles. The van der Waals surface area contributed by atoms with E-state index in [-0.39, 0.29) is 31.7 Å². The summed E-state index contributed by atoms with van der Waals surface area (Å²) in [5.74, 6) is 3.21.